The van der Waals surface area contributed by atoms with Gasteiger partial charge in [0, 0.05) is 6.42 Å². The molecule has 0 aromatic heterocycles. The SMILES string of the molecule is CCOC(=O)C12CC1CCC2=O. The van der Waals surface area contributed by atoms with E-state index in [1.54, 1.807) is 6.92 Å². The first-order valence-corrected chi connectivity index (χ1v) is 4.42. The lowest BCUT2D eigenvalue weighted by atomic mass is 10.0. The molecule has 0 spiro atoms. The first-order valence-electron chi connectivity index (χ1n) is 4.42. The molecule has 3 heteroatoms. The third-order valence-corrected chi connectivity index (χ3v) is 2.96. The van der Waals surface area contributed by atoms with Crippen molar-refractivity contribution in [1.82, 2.24) is 0 Å². The highest BCUT2D eigenvalue weighted by Gasteiger charge is 2.69. The zero-order valence-corrected chi connectivity index (χ0v) is 7.13. The Morgan fingerprint density at radius 3 is 2.92 bits per heavy atom. The molecular weight excluding hydrogens is 156 g/mol. The molecule has 2 fully saturated rings. The predicted molar refractivity (Wildman–Crippen MR) is 41.4 cm³/mol. The van der Waals surface area contributed by atoms with E-state index >= 15 is 0 Å². The van der Waals surface area contributed by atoms with Gasteiger partial charge in [0.05, 0.1) is 6.61 Å². The van der Waals surface area contributed by atoms with Gasteiger partial charge in [-0.05, 0) is 25.7 Å². The molecule has 2 rings (SSSR count). The van der Waals surface area contributed by atoms with Crippen LogP contribution in [-0.2, 0) is 14.3 Å². The monoisotopic (exact) mass is 168 g/mol. The lowest BCUT2D eigenvalue weighted by Crippen LogP contribution is -2.26. The molecule has 0 radical (unpaired) electrons. The smallest absolute Gasteiger partial charge is 0.319 e. The van der Waals surface area contributed by atoms with Crippen molar-refractivity contribution in [2.75, 3.05) is 6.61 Å². The average Bonchev–Trinajstić information content (AvgIpc) is 2.69. The van der Waals surface area contributed by atoms with E-state index in [-0.39, 0.29) is 11.8 Å². The summed E-state index contributed by atoms with van der Waals surface area (Å²) in [5.41, 5.74) is -0.671. The molecule has 3 nitrogen and oxygen atoms in total. The zero-order chi connectivity index (χ0) is 8.77. The van der Waals surface area contributed by atoms with Crippen molar-refractivity contribution in [1.29, 1.82) is 0 Å². The molecule has 66 valence electrons. The Morgan fingerprint density at radius 1 is 1.75 bits per heavy atom. The van der Waals surface area contributed by atoms with Crippen molar-refractivity contribution in [2.45, 2.75) is 26.2 Å². The third kappa shape index (κ3) is 0.765. The summed E-state index contributed by atoms with van der Waals surface area (Å²) in [7, 11) is 0. The molecule has 0 bridgehead atoms. The van der Waals surface area contributed by atoms with Gasteiger partial charge in [0.25, 0.3) is 0 Å². The van der Waals surface area contributed by atoms with Crippen LogP contribution in [0.4, 0.5) is 0 Å². The summed E-state index contributed by atoms with van der Waals surface area (Å²) in [6.45, 7) is 2.14. The van der Waals surface area contributed by atoms with Crippen LogP contribution in [0.25, 0.3) is 0 Å². The Bertz CT molecular complexity index is 246. The first-order chi connectivity index (χ1) is 5.71. The summed E-state index contributed by atoms with van der Waals surface area (Å²) in [6.07, 6.45) is 2.20. The number of fused-ring (bicyclic) bond motifs is 1. The van der Waals surface area contributed by atoms with Crippen LogP contribution in [0.5, 0.6) is 0 Å². The van der Waals surface area contributed by atoms with Crippen molar-refractivity contribution in [3.05, 3.63) is 0 Å². The van der Waals surface area contributed by atoms with E-state index in [1.165, 1.54) is 0 Å². The van der Waals surface area contributed by atoms with Crippen LogP contribution in [-0.4, -0.2) is 18.4 Å². The standard InChI is InChI=1S/C9H12O3/c1-2-12-8(11)9-5-6(9)3-4-7(9)10/h6H,2-5H2,1H3. The van der Waals surface area contributed by atoms with Crippen LogP contribution in [0.1, 0.15) is 26.2 Å². The summed E-state index contributed by atoms with van der Waals surface area (Å²) in [4.78, 5) is 22.7. The minimum absolute atomic E-state index is 0.103. The molecule has 2 unspecified atom stereocenters. The molecule has 0 N–H and O–H groups in total. The molecule has 0 aromatic carbocycles. The van der Waals surface area contributed by atoms with E-state index in [0.717, 1.165) is 12.8 Å². The van der Waals surface area contributed by atoms with E-state index in [4.69, 9.17) is 4.74 Å². The number of hydrogen-bond acceptors (Lipinski definition) is 3. The maximum atomic E-state index is 11.4. The fourth-order valence-electron chi connectivity index (χ4n) is 2.17. The van der Waals surface area contributed by atoms with Crippen molar-refractivity contribution in [2.24, 2.45) is 11.3 Å². The largest absolute Gasteiger partial charge is 0.465 e. The topological polar surface area (TPSA) is 43.4 Å². The number of hydrogen-bond donors (Lipinski definition) is 0. The number of rotatable bonds is 2. The normalized spacial score (nSPS) is 37.8. The van der Waals surface area contributed by atoms with Crippen molar-refractivity contribution in [3.63, 3.8) is 0 Å². The fraction of sp³-hybridized carbons (Fsp3) is 0.778. The van der Waals surface area contributed by atoms with Crippen LogP contribution in [0.2, 0.25) is 0 Å². The van der Waals surface area contributed by atoms with Gasteiger partial charge in [-0.25, -0.2) is 0 Å². The van der Waals surface area contributed by atoms with Crippen molar-refractivity contribution < 1.29 is 14.3 Å². The molecule has 0 heterocycles. The number of ether oxygens (including phenoxy) is 1. The fourth-order valence-corrected chi connectivity index (χ4v) is 2.17. The maximum absolute atomic E-state index is 11.4. The van der Waals surface area contributed by atoms with Gasteiger partial charge < -0.3 is 4.74 Å². The second kappa shape index (κ2) is 2.31. The summed E-state index contributed by atoms with van der Waals surface area (Å²) in [6, 6.07) is 0. The molecule has 2 aliphatic rings. The summed E-state index contributed by atoms with van der Waals surface area (Å²) in [5.74, 6) is 0.132. The number of esters is 1. The second-order valence-electron chi connectivity index (χ2n) is 3.55. The Morgan fingerprint density at radius 2 is 2.50 bits per heavy atom. The molecule has 12 heavy (non-hydrogen) atoms. The van der Waals surface area contributed by atoms with E-state index in [9.17, 15) is 9.59 Å². The van der Waals surface area contributed by atoms with Gasteiger partial charge in [-0.1, -0.05) is 0 Å². The van der Waals surface area contributed by atoms with Gasteiger partial charge in [-0.15, -0.1) is 0 Å². The maximum Gasteiger partial charge on any atom is 0.319 e. The number of carbonyl (C=O) groups is 2. The lowest BCUT2D eigenvalue weighted by Gasteiger charge is -2.08. The average molecular weight is 168 g/mol. The molecule has 0 amide bonds. The second-order valence-corrected chi connectivity index (χ2v) is 3.55. The Kier molecular flexibility index (Phi) is 1.50. The number of carbonyl (C=O) groups excluding carboxylic acids is 2. The van der Waals surface area contributed by atoms with Crippen LogP contribution >= 0.6 is 0 Å². The van der Waals surface area contributed by atoms with Crippen molar-refractivity contribution in [3.8, 4) is 0 Å². The van der Waals surface area contributed by atoms with E-state index in [2.05, 4.69) is 0 Å². The van der Waals surface area contributed by atoms with Crippen molar-refractivity contribution >= 4 is 11.8 Å². The highest BCUT2D eigenvalue weighted by molar-refractivity contribution is 6.09. The Hall–Kier alpha value is -0.860. The minimum Gasteiger partial charge on any atom is -0.465 e. The van der Waals surface area contributed by atoms with Crippen LogP contribution in [0, 0.1) is 11.3 Å². The van der Waals surface area contributed by atoms with E-state index in [1.807, 2.05) is 0 Å². The van der Waals surface area contributed by atoms with Crippen LogP contribution in [0.15, 0.2) is 0 Å². The predicted octanol–water partition coefficient (Wildman–Crippen LogP) is 0.919. The molecule has 2 saturated carbocycles. The van der Waals surface area contributed by atoms with Gasteiger partial charge in [0.2, 0.25) is 0 Å². The van der Waals surface area contributed by atoms with E-state index < -0.39 is 5.41 Å². The van der Waals surface area contributed by atoms with Gasteiger partial charge in [0.1, 0.15) is 11.2 Å². The minimum atomic E-state index is -0.671. The molecule has 0 aliphatic heterocycles. The summed E-state index contributed by atoms with van der Waals surface area (Å²) < 4.78 is 4.88. The molecular formula is C9H12O3. The third-order valence-electron chi connectivity index (χ3n) is 2.96. The zero-order valence-electron chi connectivity index (χ0n) is 7.13. The van der Waals surface area contributed by atoms with Crippen LogP contribution in [0.3, 0.4) is 0 Å². The highest BCUT2D eigenvalue weighted by atomic mass is 16.5. The van der Waals surface area contributed by atoms with E-state index in [0.29, 0.717) is 18.9 Å². The summed E-state index contributed by atoms with van der Waals surface area (Å²) in [5, 5.41) is 0. The number of Topliss-reactive ketones (excluding diaryl/α,β-unsaturated/α-hetero) is 1. The van der Waals surface area contributed by atoms with Gasteiger partial charge in [-0.3, -0.25) is 9.59 Å². The molecule has 2 atom stereocenters. The van der Waals surface area contributed by atoms with Gasteiger partial charge in [-0.2, -0.15) is 0 Å². The molecule has 0 aromatic rings. The summed E-state index contributed by atoms with van der Waals surface area (Å²) >= 11 is 0. The quantitative estimate of drug-likeness (QED) is 0.455. The number of ketones is 1. The van der Waals surface area contributed by atoms with Gasteiger partial charge in [0.15, 0.2) is 0 Å². The Labute approximate surface area is 71.1 Å². The van der Waals surface area contributed by atoms with Gasteiger partial charge >= 0.3 is 5.97 Å². The highest BCUT2D eigenvalue weighted by Crippen LogP contribution is 2.61. The molecule has 0 saturated heterocycles. The molecule has 2 aliphatic carbocycles. The van der Waals surface area contributed by atoms with Crippen LogP contribution < -0.4 is 0 Å². The first kappa shape index (κ1) is 7.77. The lowest BCUT2D eigenvalue weighted by molar-refractivity contribution is -0.153. The Balaban J connectivity index is 2.13.